The van der Waals surface area contributed by atoms with E-state index in [9.17, 15) is 4.79 Å². The van der Waals surface area contributed by atoms with Crippen molar-refractivity contribution < 1.29 is 9.90 Å². The fraction of sp³-hybridized carbons (Fsp3) is 0.364. The van der Waals surface area contributed by atoms with Gasteiger partial charge >= 0.3 is 5.97 Å². The molecule has 2 atom stereocenters. The average molecular weight is 219 g/mol. The van der Waals surface area contributed by atoms with E-state index in [1.807, 2.05) is 31.2 Å². The van der Waals surface area contributed by atoms with Crippen LogP contribution in [-0.4, -0.2) is 26.1 Å². The average Bonchev–Trinajstić information content (AvgIpc) is 2.70. The molecule has 5 heteroatoms. The first-order valence-corrected chi connectivity index (χ1v) is 5.14. The maximum atomic E-state index is 10.9. The molecule has 0 bridgehead atoms. The van der Waals surface area contributed by atoms with Crippen molar-refractivity contribution in [3.63, 3.8) is 0 Å². The van der Waals surface area contributed by atoms with Crippen molar-refractivity contribution in [2.75, 3.05) is 0 Å². The van der Waals surface area contributed by atoms with Crippen molar-refractivity contribution in [1.29, 1.82) is 0 Å². The van der Waals surface area contributed by atoms with Crippen LogP contribution in [0.1, 0.15) is 19.9 Å². The highest BCUT2D eigenvalue weighted by atomic mass is 16.4. The number of aromatic nitrogens is 3. The van der Waals surface area contributed by atoms with Gasteiger partial charge in [0.2, 0.25) is 0 Å². The maximum Gasteiger partial charge on any atom is 0.308 e. The summed E-state index contributed by atoms with van der Waals surface area (Å²) in [5.41, 5.74) is 1.65. The normalized spacial score (nSPS) is 14.9. The molecule has 0 aliphatic rings. The molecule has 16 heavy (non-hydrogen) atoms. The van der Waals surface area contributed by atoms with Gasteiger partial charge in [0.15, 0.2) is 0 Å². The standard InChI is InChI=1S/C11H13N3O2/c1-7(11(15)16)8(2)14-10-6-4-3-5-9(10)12-13-14/h3-8H,1-2H3,(H,15,16). The molecule has 0 amide bonds. The number of carboxylic acids is 1. The van der Waals surface area contributed by atoms with Crippen LogP contribution in [0.25, 0.3) is 11.0 Å². The van der Waals surface area contributed by atoms with Crippen LogP contribution in [0.4, 0.5) is 0 Å². The molecule has 2 rings (SSSR count). The molecule has 84 valence electrons. The van der Waals surface area contributed by atoms with Gasteiger partial charge in [-0.25, -0.2) is 4.68 Å². The van der Waals surface area contributed by atoms with Gasteiger partial charge in [0.25, 0.3) is 0 Å². The molecule has 0 saturated carbocycles. The highest BCUT2D eigenvalue weighted by Crippen LogP contribution is 2.21. The number of para-hydroxylation sites is 1. The lowest BCUT2D eigenvalue weighted by Crippen LogP contribution is -2.22. The summed E-state index contributed by atoms with van der Waals surface area (Å²) in [6, 6.07) is 7.30. The molecule has 1 aromatic carbocycles. The minimum Gasteiger partial charge on any atom is -0.481 e. The van der Waals surface area contributed by atoms with E-state index in [0.717, 1.165) is 11.0 Å². The lowest BCUT2D eigenvalue weighted by Gasteiger charge is -2.16. The molecule has 0 saturated heterocycles. The molecular weight excluding hydrogens is 206 g/mol. The van der Waals surface area contributed by atoms with Crippen LogP contribution in [0.15, 0.2) is 24.3 Å². The van der Waals surface area contributed by atoms with Gasteiger partial charge < -0.3 is 5.11 Å². The minimum atomic E-state index is -0.827. The number of aliphatic carboxylic acids is 1. The Morgan fingerprint density at radius 3 is 2.75 bits per heavy atom. The number of rotatable bonds is 3. The Balaban J connectivity index is 2.44. The van der Waals surface area contributed by atoms with Crippen molar-refractivity contribution in [1.82, 2.24) is 15.0 Å². The lowest BCUT2D eigenvalue weighted by atomic mass is 10.0. The van der Waals surface area contributed by atoms with E-state index in [1.165, 1.54) is 0 Å². The van der Waals surface area contributed by atoms with E-state index in [2.05, 4.69) is 10.3 Å². The first-order valence-electron chi connectivity index (χ1n) is 5.14. The van der Waals surface area contributed by atoms with E-state index in [0.29, 0.717) is 0 Å². The summed E-state index contributed by atoms with van der Waals surface area (Å²) in [5, 5.41) is 17.0. The van der Waals surface area contributed by atoms with E-state index in [1.54, 1.807) is 11.6 Å². The number of hydrogen-bond donors (Lipinski definition) is 1. The summed E-state index contributed by atoms with van der Waals surface area (Å²) in [6.45, 7) is 3.50. The molecule has 1 aromatic heterocycles. The van der Waals surface area contributed by atoms with Crippen LogP contribution in [0.3, 0.4) is 0 Å². The molecule has 0 radical (unpaired) electrons. The van der Waals surface area contributed by atoms with E-state index >= 15 is 0 Å². The molecule has 5 nitrogen and oxygen atoms in total. The van der Waals surface area contributed by atoms with Crippen molar-refractivity contribution in [2.24, 2.45) is 5.92 Å². The third-order valence-electron chi connectivity index (χ3n) is 2.88. The van der Waals surface area contributed by atoms with Crippen LogP contribution in [0.2, 0.25) is 0 Å². The molecule has 2 unspecified atom stereocenters. The first-order chi connectivity index (χ1) is 7.61. The van der Waals surface area contributed by atoms with Crippen LogP contribution in [-0.2, 0) is 4.79 Å². The number of carbonyl (C=O) groups is 1. The molecule has 0 aliphatic carbocycles. The number of carboxylic acid groups (broad SMARTS) is 1. The summed E-state index contributed by atoms with van der Waals surface area (Å²) in [7, 11) is 0. The molecule has 0 fully saturated rings. The van der Waals surface area contributed by atoms with Gasteiger partial charge in [-0.05, 0) is 26.0 Å². The molecular formula is C11H13N3O2. The fourth-order valence-corrected chi connectivity index (χ4v) is 1.61. The van der Waals surface area contributed by atoms with Crippen LogP contribution in [0.5, 0.6) is 0 Å². The molecule has 2 aromatic rings. The quantitative estimate of drug-likeness (QED) is 0.853. The number of nitrogens with zero attached hydrogens (tertiary/aromatic N) is 3. The number of hydrogen-bond acceptors (Lipinski definition) is 3. The zero-order chi connectivity index (χ0) is 11.7. The van der Waals surface area contributed by atoms with Gasteiger partial charge in [-0.1, -0.05) is 17.3 Å². The Morgan fingerprint density at radius 1 is 1.38 bits per heavy atom. The molecule has 0 aliphatic heterocycles. The third kappa shape index (κ3) is 1.64. The second-order valence-corrected chi connectivity index (χ2v) is 3.89. The fourth-order valence-electron chi connectivity index (χ4n) is 1.61. The second kappa shape index (κ2) is 3.92. The lowest BCUT2D eigenvalue weighted by molar-refractivity contribution is -0.142. The number of benzene rings is 1. The summed E-state index contributed by atoms with van der Waals surface area (Å²) >= 11 is 0. The second-order valence-electron chi connectivity index (χ2n) is 3.89. The number of fused-ring (bicyclic) bond motifs is 1. The van der Waals surface area contributed by atoms with Gasteiger partial charge in [-0.3, -0.25) is 4.79 Å². The van der Waals surface area contributed by atoms with Crippen molar-refractivity contribution in [3.8, 4) is 0 Å². The Kier molecular flexibility index (Phi) is 2.60. The highest BCUT2D eigenvalue weighted by Gasteiger charge is 2.23. The summed E-state index contributed by atoms with van der Waals surface area (Å²) in [5.74, 6) is -1.32. The van der Waals surface area contributed by atoms with Gasteiger partial charge in [-0.2, -0.15) is 0 Å². The maximum absolute atomic E-state index is 10.9. The van der Waals surface area contributed by atoms with Crippen molar-refractivity contribution in [3.05, 3.63) is 24.3 Å². The third-order valence-corrected chi connectivity index (χ3v) is 2.88. The van der Waals surface area contributed by atoms with Crippen LogP contribution in [0, 0.1) is 5.92 Å². The van der Waals surface area contributed by atoms with E-state index in [-0.39, 0.29) is 6.04 Å². The predicted octanol–water partition coefficient (Wildman–Crippen LogP) is 1.71. The van der Waals surface area contributed by atoms with Crippen LogP contribution >= 0.6 is 0 Å². The largest absolute Gasteiger partial charge is 0.481 e. The van der Waals surface area contributed by atoms with Gasteiger partial charge in [0.05, 0.1) is 17.5 Å². The molecule has 1 N–H and O–H groups in total. The van der Waals surface area contributed by atoms with E-state index < -0.39 is 11.9 Å². The van der Waals surface area contributed by atoms with Gasteiger partial charge in [0, 0.05) is 0 Å². The Bertz CT molecular complexity index is 521. The van der Waals surface area contributed by atoms with Gasteiger partial charge in [-0.15, -0.1) is 5.10 Å². The first kappa shape index (κ1) is 10.6. The van der Waals surface area contributed by atoms with Crippen LogP contribution < -0.4 is 0 Å². The Hall–Kier alpha value is -1.91. The van der Waals surface area contributed by atoms with Gasteiger partial charge in [0.1, 0.15) is 5.52 Å². The van der Waals surface area contributed by atoms with Crippen molar-refractivity contribution >= 4 is 17.0 Å². The monoisotopic (exact) mass is 219 g/mol. The van der Waals surface area contributed by atoms with E-state index in [4.69, 9.17) is 5.11 Å². The SMILES string of the molecule is CC(C(=O)O)C(C)n1nnc2ccccc21. The summed E-state index contributed by atoms with van der Waals surface area (Å²) in [6.07, 6.45) is 0. The summed E-state index contributed by atoms with van der Waals surface area (Å²) < 4.78 is 1.66. The predicted molar refractivity (Wildman–Crippen MR) is 59.0 cm³/mol. The highest BCUT2D eigenvalue weighted by molar-refractivity contribution is 5.75. The Labute approximate surface area is 92.7 Å². The summed E-state index contributed by atoms with van der Waals surface area (Å²) in [4.78, 5) is 10.9. The molecule has 1 heterocycles. The smallest absolute Gasteiger partial charge is 0.308 e. The Morgan fingerprint density at radius 2 is 2.06 bits per heavy atom. The zero-order valence-electron chi connectivity index (χ0n) is 9.16. The topological polar surface area (TPSA) is 68.0 Å². The molecule has 0 spiro atoms. The zero-order valence-corrected chi connectivity index (χ0v) is 9.16. The van der Waals surface area contributed by atoms with Crippen molar-refractivity contribution in [2.45, 2.75) is 19.9 Å². The minimum absolute atomic E-state index is 0.218.